The molecule has 0 bridgehead atoms. The number of hydrogen-bond donors (Lipinski definition) is 1. The molecule has 2 rings (SSSR count). The van der Waals surface area contributed by atoms with E-state index in [0.29, 0.717) is 6.04 Å². The van der Waals surface area contributed by atoms with Crippen LogP contribution in [-0.4, -0.2) is 36.1 Å². The second-order valence-electron chi connectivity index (χ2n) is 6.50. The van der Waals surface area contributed by atoms with Gasteiger partial charge in [-0.15, -0.1) is 0 Å². The highest BCUT2D eigenvalue weighted by Gasteiger charge is 2.28. The van der Waals surface area contributed by atoms with E-state index in [1.165, 1.54) is 51.6 Å². The van der Waals surface area contributed by atoms with Gasteiger partial charge >= 0.3 is 0 Å². The van der Waals surface area contributed by atoms with Crippen LogP contribution in [0.5, 0.6) is 0 Å². The van der Waals surface area contributed by atoms with Gasteiger partial charge in [0.05, 0.1) is 0 Å². The fourth-order valence-electron chi connectivity index (χ4n) is 3.52. The van der Waals surface area contributed by atoms with Crippen molar-refractivity contribution in [1.29, 1.82) is 0 Å². The SMILES string of the molecule is CC1CCC(N(CC2CCCN2)C(C)C)CC1. The summed E-state index contributed by atoms with van der Waals surface area (Å²) in [6.45, 7) is 9.66. The van der Waals surface area contributed by atoms with Crippen LogP contribution in [0.1, 0.15) is 59.3 Å². The monoisotopic (exact) mass is 238 g/mol. The van der Waals surface area contributed by atoms with Crippen molar-refractivity contribution in [2.45, 2.75) is 77.4 Å². The molecule has 17 heavy (non-hydrogen) atoms. The zero-order valence-electron chi connectivity index (χ0n) is 11.9. The zero-order valence-corrected chi connectivity index (χ0v) is 11.9. The first-order valence-corrected chi connectivity index (χ1v) is 7.66. The van der Waals surface area contributed by atoms with Crippen LogP contribution in [0.3, 0.4) is 0 Å². The van der Waals surface area contributed by atoms with Crippen LogP contribution in [0, 0.1) is 5.92 Å². The van der Waals surface area contributed by atoms with Crippen molar-refractivity contribution in [1.82, 2.24) is 10.2 Å². The quantitative estimate of drug-likeness (QED) is 0.810. The molecule has 0 radical (unpaired) electrons. The first-order chi connectivity index (χ1) is 8.16. The molecule has 1 heterocycles. The van der Waals surface area contributed by atoms with Gasteiger partial charge < -0.3 is 5.32 Å². The van der Waals surface area contributed by atoms with Crippen molar-refractivity contribution < 1.29 is 0 Å². The Morgan fingerprint density at radius 3 is 2.35 bits per heavy atom. The summed E-state index contributed by atoms with van der Waals surface area (Å²) in [6, 6.07) is 2.32. The van der Waals surface area contributed by atoms with Gasteiger partial charge in [-0.05, 0) is 64.8 Å². The second kappa shape index (κ2) is 6.19. The molecule has 100 valence electrons. The van der Waals surface area contributed by atoms with Crippen molar-refractivity contribution in [2.24, 2.45) is 5.92 Å². The maximum atomic E-state index is 3.65. The lowest BCUT2D eigenvalue weighted by Crippen LogP contribution is -2.48. The molecule has 2 nitrogen and oxygen atoms in total. The van der Waals surface area contributed by atoms with Gasteiger partial charge in [0.2, 0.25) is 0 Å². The highest BCUT2D eigenvalue weighted by Crippen LogP contribution is 2.28. The van der Waals surface area contributed by atoms with E-state index < -0.39 is 0 Å². The van der Waals surface area contributed by atoms with E-state index in [1.807, 2.05) is 0 Å². The first-order valence-electron chi connectivity index (χ1n) is 7.66. The van der Waals surface area contributed by atoms with E-state index in [4.69, 9.17) is 0 Å². The average Bonchev–Trinajstić information content (AvgIpc) is 2.80. The molecular formula is C15H30N2. The average molecular weight is 238 g/mol. The smallest absolute Gasteiger partial charge is 0.0195 e. The lowest BCUT2D eigenvalue weighted by Gasteiger charge is -2.40. The minimum absolute atomic E-state index is 0.704. The Labute approximate surface area is 107 Å². The predicted molar refractivity (Wildman–Crippen MR) is 74.3 cm³/mol. The van der Waals surface area contributed by atoms with E-state index in [1.54, 1.807) is 0 Å². The summed E-state index contributed by atoms with van der Waals surface area (Å²) >= 11 is 0. The number of nitrogens with zero attached hydrogens (tertiary/aromatic N) is 1. The van der Waals surface area contributed by atoms with E-state index >= 15 is 0 Å². The number of rotatable bonds is 4. The molecule has 1 atom stereocenters. The molecular weight excluding hydrogens is 208 g/mol. The summed E-state index contributed by atoms with van der Waals surface area (Å²) in [7, 11) is 0. The standard InChI is InChI=1S/C15H30N2/c1-12(2)17(11-14-5-4-10-16-14)15-8-6-13(3)7-9-15/h12-16H,4-11H2,1-3H3. The molecule has 0 aromatic carbocycles. The molecule has 1 saturated heterocycles. The predicted octanol–water partition coefficient (Wildman–Crippen LogP) is 3.03. The van der Waals surface area contributed by atoms with E-state index in [-0.39, 0.29) is 0 Å². The van der Waals surface area contributed by atoms with Crippen LogP contribution in [0.15, 0.2) is 0 Å². The molecule has 0 aromatic rings. The second-order valence-corrected chi connectivity index (χ2v) is 6.50. The fourth-order valence-corrected chi connectivity index (χ4v) is 3.52. The van der Waals surface area contributed by atoms with Crippen molar-refractivity contribution in [3.63, 3.8) is 0 Å². The Morgan fingerprint density at radius 1 is 1.12 bits per heavy atom. The number of hydrogen-bond acceptors (Lipinski definition) is 2. The molecule has 0 spiro atoms. The van der Waals surface area contributed by atoms with Gasteiger partial charge in [-0.3, -0.25) is 4.90 Å². The maximum absolute atomic E-state index is 3.65. The third kappa shape index (κ3) is 3.69. The molecule has 0 amide bonds. The van der Waals surface area contributed by atoms with Gasteiger partial charge in [0, 0.05) is 24.7 Å². The Kier molecular flexibility index (Phi) is 4.87. The van der Waals surface area contributed by atoms with Crippen molar-refractivity contribution >= 4 is 0 Å². The molecule has 2 aliphatic rings. The Hall–Kier alpha value is -0.0800. The molecule has 1 unspecified atom stereocenters. The normalized spacial score (nSPS) is 34.8. The van der Waals surface area contributed by atoms with Crippen LogP contribution >= 0.6 is 0 Å². The third-order valence-corrected chi connectivity index (χ3v) is 4.71. The minimum atomic E-state index is 0.704. The highest BCUT2D eigenvalue weighted by atomic mass is 15.2. The van der Waals surface area contributed by atoms with Gasteiger partial charge in [-0.2, -0.15) is 0 Å². The lowest BCUT2D eigenvalue weighted by atomic mass is 9.86. The molecule has 1 N–H and O–H groups in total. The van der Waals surface area contributed by atoms with Crippen molar-refractivity contribution in [2.75, 3.05) is 13.1 Å². The lowest BCUT2D eigenvalue weighted by molar-refractivity contribution is 0.0984. The Balaban J connectivity index is 1.87. The summed E-state index contributed by atoms with van der Waals surface area (Å²) in [6.07, 6.45) is 8.47. The molecule has 2 heteroatoms. The fraction of sp³-hybridized carbons (Fsp3) is 1.00. The van der Waals surface area contributed by atoms with Gasteiger partial charge in [0.25, 0.3) is 0 Å². The van der Waals surface area contributed by atoms with Crippen molar-refractivity contribution in [3.8, 4) is 0 Å². The van der Waals surface area contributed by atoms with Crippen LogP contribution in [0.4, 0.5) is 0 Å². The van der Waals surface area contributed by atoms with Gasteiger partial charge in [0.15, 0.2) is 0 Å². The summed E-state index contributed by atoms with van der Waals surface area (Å²) in [5.41, 5.74) is 0. The van der Waals surface area contributed by atoms with Crippen LogP contribution in [0.2, 0.25) is 0 Å². The largest absolute Gasteiger partial charge is 0.313 e. The van der Waals surface area contributed by atoms with Crippen LogP contribution < -0.4 is 5.32 Å². The van der Waals surface area contributed by atoms with E-state index in [0.717, 1.165) is 18.0 Å². The van der Waals surface area contributed by atoms with E-state index in [9.17, 15) is 0 Å². The third-order valence-electron chi connectivity index (χ3n) is 4.71. The molecule has 2 fully saturated rings. The molecule has 1 aliphatic heterocycles. The molecule has 1 saturated carbocycles. The zero-order chi connectivity index (χ0) is 12.3. The van der Waals surface area contributed by atoms with Gasteiger partial charge in [0.1, 0.15) is 0 Å². The van der Waals surface area contributed by atoms with E-state index in [2.05, 4.69) is 31.0 Å². The topological polar surface area (TPSA) is 15.3 Å². The Morgan fingerprint density at radius 2 is 1.82 bits per heavy atom. The first kappa shape index (κ1) is 13.4. The maximum Gasteiger partial charge on any atom is 0.0195 e. The Bertz CT molecular complexity index is 213. The summed E-state index contributed by atoms with van der Waals surface area (Å²) in [5, 5.41) is 3.65. The summed E-state index contributed by atoms with van der Waals surface area (Å²) in [4.78, 5) is 2.77. The highest BCUT2D eigenvalue weighted by molar-refractivity contribution is 4.85. The molecule has 1 aliphatic carbocycles. The van der Waals surface area contributed by atoms with Crippen molar-refractivity contribution in [3.05, 3.63) is 0 Å². The van der Waals surface area contributed by atoms with Gasteiger partial charge in [-0.25, -0.2) is 0 Å². The minimum Gasteiger partial charge on any atom is -0.313 e. The van der Waals surface area contributed by atoms with Crippen LogP contribution in [-0.2, 0) is 0 Å². The van der Waals surface area contributed by atoms with Crippen LogP contribution in [0.25, 0.3) is 0 Å². The number of nitrogens with one attached hydrogen (secondary N) is 1. The molecule has 0 aromatic heterocycles. The summed E-state index contributed by atoms with van der Waals surface area (Å²) < 4.78 is 0. The van der Waals surface area contributed by atoms with Gasteiger partial charge in [-0.1, -0.05) is 6.92 Å². The summed E-state index contributed by atoms with van der Waals surface area (Å²) in [5.74, 6) is 0.963.